The van der Waals surface area contributed by atoms with Crippen LogP contribution in [0.5, 0.6) is 5.75 Å². The highest BCUT2D eigenvalue weighted by Gasteiger charge is 2.22. The Morgan fingerprint density at radius 1 is 1.67 bits per heavy atom. The van der Waals surface area contributed by atoms with Crippen LogP contribution in [0.4, 0.5) is 5.69 Å². The van der Waals surface area contributed by atoms with Crippen molar-refractivity contribution in [2.45, 2.75) is 13.0 Å². The lowest BCUT2D eigenvalue weighted by atomic mass is 10.0. The molecule has 1 rings (SSSR count). The van der Waals surface area contributed by atoms with Crippen LogP contribution in [0.1, 0.15) is 17.2 Å². The summed E-state index contributed by atoms with van der Waals surface area (Å²) in [7, 11) is 0. The number of nitrogens with zero attached hydrogens (tertiary/aromatic N) is 1. The van der Waals surface area contributed by atoms with Gasteiger partial charge in [-0.05, 0) is 6.92 Å². The topological polar surface area (TPSA) is 89.4 Å². The van der Waals surface area contributed by atoms with Crippen molar-refractivity contribution in [2.24, 2.45) is 5.73 Å². The average molecular weight is 208 g/mol. The maximum atomic E-state index is 10.7. The third kappa shape index (κ3) is 1.97. The molecule has 0 aliphatic rings. The first-order valence-corrected chi connectivity index (χ1v) is 4.34. The third-order valence-electron chi connectivity index (χ3n) is 2.18. The highest BCUT2D eigenvalue weighted by molar-refractivity contribution is 5.57. The number of phenolic OH excluding ortho intramolecular Hbond substituents is 1. The van der Waals surface area contributed by atoms with Crippen molar-refractivity contribution in [1.29, 1.82) is 0 Å². The number of rotatable bonds is 3. The van der Waals surface area contributed by atoms with Crippen LogP contribution in [0.15, 0.2) is 24.8 Å². The first kappa shape index (κ1) is 11.2. The van der Waals surface area contributed by atoms with E-state index >= 15 is 0 Å². The monoisotopic (exact) mass is 208 g/mol. The molecule has 15 heavy (non-hydrogen) atoms. The van der Waals surface area contributed by atoms with Crippen molar-refractivity contribution in [1.82, 2.24) is 0 Å². The smallest absolute Gasteiger partial charge is 0.313 e. The van der Waals surface area contributed by atoms with E-state index in [0.29, 0.717) is 11.1 Å². The van der Waals surface area contributed by atoms with Crippen LogP contribution < -0.4 is 5.73 Å². The molecule has 0 unspecified atom stereocenters. The lowest BCUT2D eigenvalue weighted by Gasteiger charge is -2.10. The number of aryl methyl sites for hydroxylation is 1. The van der Waals surface area contributed by atoms with E-state index in [9.17, 15) is 15.2 Å². The van der Waals surface area contributed by atoms with Gasteiger partial charge < -0.3 is 10.8 Å². The molecule has 0 aliphatic carbocycles. The molecule has 5 nitrogen and oxygen atoms in total. The fourth-order valence-corrected chi connectivity index (χ4v) is 1.32. The van der Waals surface area contributed by atoms with E-state index in [4.69, 9.17) is 5.73 Å². The van der Waals surface area contributed by atoms with Crippen LogP contribution in [-0.2, 0) is 0 Å². The van der Waals surface area contributed by atoms with Crippen LogP contribution in [0, 0.1) is 17.0 Å². The average Bonchev–Trinajstić information content (AvgIpc) is 2.16. The number of nitro benzene ring substituents is 1. The number of phenols is 1. The number of hydrogen-bond acceptors (Lipinski definition) is 4. The van der Waals surface area contributed by atoms with Gasteiger partial charge in [-0.25, -0.2) is 0 Å². The minimum atomic E-state index is -0.621. The second-order valence-corrected chi connectivity index (χ2v) is 3.19. The van der Waals surface area contributed by atoms with Gasteiger partial charge in [-0.3, -0.25) is 10.1 Å². The second-order valence-electron chi connectivity index (χ2n) is 3.19. The van der Waals surface area contributed by atoms with Crippen molar-refractivity contribution >= 4 is 5.69 Å². The summed E-state index contributed by atoms with van der Waals surface area (Å²) in [5.41, 5.74) is 6.02. The Hall–Kier alpha value is -1.88. The molecule has 0 heterocycles. The van der Waals surface area contributed by atoms with Gasteiger partial charge in [0.2, 0.25) is 0 Å². The molecule has 0 amide bonds. The summed E-state index contributed by atoms with van der Waals surface area (Å²) < 4.78 is 0. The van der Waals surface area contributed by atoms with E-state index in [1.165, 1.54) is 6.08 Å². The number of aromatic hydroxyl groups is 1. The Kier molecular flexibility index (Phi) is 3.06. The predicted molar refractivity (Wildman–Crippen MR) is 56.6 cm³/mol. The SMILES string of the molecule is C=C[C@@H](N)c1ccc(C)c([N+](=O)[O-])c1O. The van der Waals surface area contributed by atoms with Gasteiger partial charge in [0.15, 0.2) is 5.75 Å². The maximum Gasteiger partial charge on any atom is 0.313 e. The Morgan fingerprint density at radius 3 is 2.73 bits per heavy atom. The van der Waals surface area contributed by atoms with Crippen molar-refractivity contribution in [3.8, 4) is 5.75 Å². The highest BCUT2D eigenvalue weighted by atomic mass is 16.6. The third-order valence-corrected chi connectivity index (χ3v) is 2.18. The zero-order chi connectivity index (χ0) is 11.6. The maximum absolute atomic E-state index is 10.7. The van der Waals surface area contributed by atoms with Gasteiger partial charge in [0.05, 0.1) is 11.0 Å². The molecule has 0 spiro atoms. The number of hydrogen-bond donors (Lipinski definition) is 2. The Morgan fingerprint density at radius 2 is 2.27 bits per heavy atom. The number of nitrogens with two attached hydrogens (primary N) is 1. The summed E-state index contributed by atoms with van der Waals surface area (Å²) in [5, 5.41) is 20.4. The lowest BCUT2D eigenvalue weighted by Crippen LogP contribution is -2.08. The quantitative estimate of drug-likeness (QED) is 0.450. The molecule has 1 aromatic carbocycles. The van der Waals surface area contributed by atoms with Crippen molar-refractivity contribution in [3.05, 3.63) is 46.0 Å². The van der Waals surface area contributed by atoms with Gasteiger partial charge in [0, 0.05) is 11.1 Å². The summed E-state index contributed by atoms with van der Waals surface area (Å²) in [4.78, 5) is 10.1. The van der Waals surface area contributed by atoms with Crippen LogP contribution in [0.3, 0.4) is 0 Å². The van der Waals surface area contributed by atoms with Crippen LogP contribution >= 0.6 is 0 Å². The fraction of sp³-hybridized carbons (Fsp3) is 0.200. The molecule has 0 bridgehead atoms. The molecule has 1 aromatic rings. The molecular formula is C10H12N2O3. The van der Waals surface area contributed by atoms with Gasteiger partial charge in [0.25, 0.3) is 0 Å². The molecule has 3 N–H and O–H groups in total. The molecule has 80 valence electrons. The summed E-state index contributed by atoms with van der Waals surface area (Å²) in [6.07, 6.45) is 1.41. The van der Waals surface area contributed by atoms with Crippen molar-refractivity contribution < 1.29 is 10.0 Å². The normalized spacial score (nSPS) is 12.1. The molecule has 0 saturated carbocycles. The summed E-state index contributed by atoms with van der Waals surface area (Å²) in [6, 6.07) is 2.50. The minimum absolute atomic E-state index is 0.301. The summed E-state index contributed by atoms with van der Waals surface area (Å²) >= 11 is 0. The molecule has 0 aliphatic heterocycles. The molecule has 1 atom stereocenters. The zero-order valence-electron chi connectivity index (χ0n) is 8.30. The summed E-state index contributed by atoms with van der Waals surface area (Å²) in [5.74, 6) is -0.382. The molecular weight excluding hydrogens is 196 g/mol. The zero-order valence-corrected chi connectivity index (χ0v) is 8.30. The first-order chi connectivity index (χ1) is 6.99. The minimum Gasteiger partial charge on any atom is -0.502 e. The summed E-state index contributed by atoms with van der Waals surface area (Å²) in [6.45, 7) is 5.03. The largest absolute Gasteiger partial charge is 0.502 e. The fourth-order valence-electron chi connectivity index (χ4n) is 1.32. The van der Waals surface area contributed by atoms with E-state index in [1.54, 1.807) is 19.1 Å². The number of nitro groups is 1. The van der Waals surface area contributed by atoms with Crippen LogP contribution in [0.25, 0.3) is 0 Å². The number of benzene rings is 1. The standard InChI is InChI=1S/C10H12N2O3/c1-3-8(11)7-5-4-6(2)9(10(7)13)12(14)15/h3-5,8,13H,1,11H2,2H3/t8-/m1/s1. The van der Waals surface area contributed by atoms with E-state index in [0.717, 1.165) is 0 Å². The van der Waals surface area contributed by atoms with Gasteiger partial charge in [0.1, 0.15) is 0 Å². The Bertz CT molecular complexity index is 415. The molecule has 0 aromatic heterocycles. The van der Waals surface area contributed by atoms with E-state index in [2.05, 4.69) is 6.58 Å². The Labute approximate surface area is 87.0 Å². The van der Waals surface area contributed by atoms with Gasteiger partial charge in [-0.1, -0.05) is 18.2 Å². The Balaban J connectivity index is 3.41. The first-order valence-electron chi connectivity index (χ1n) is 4.34. The molecule has 0 radical (unpaired) electrons. The molecule has 5 heteroatoms. The lowest BCUT2D eigenvalue weighted by molar-refractivity contribution is -0.386. The highest BCUT2D eigenvalue weighted by Crippen LogP contribution is 2.35. The molecule has 0 fully saturated rings. The van der Waals surface area contributed by atoms with E-state index < -0.39 is 11.0 Å². The van der Waals surface area contributed by atoms with E-state index in [1.807, 2.05) is 0 Å². The molecule has 0 saturated heterocycles. The second kappa shape index (κ2) is 4.10. The van der Waals surface area contributed by atoms with Gasteiger partial charge in [-0.2, -0.15) is 0 Å². The van der Waals surface area contributed by atoms with Crippen molar-refractivity contribution in [3.63, 3.8) is 0 Å². The van der Waals surface area contributed by atoms with Gasteiger partial charge >= 0.3 is 5.69 Å². The van der Waals surface area contributed by atoms with Crippen molar-refractivity contribution in [2.75, 3.05) is 0 Å². The van der Waals surface area contributed by atoms with E-state index in [-0.39, 0.29) is 11.4 Å². The van der Waals surface area contributed by atoms with Crippen LogP contribution in [0.2, 0.25) is 0 Å². The van der Waals surface area contributed by atoms with Crippen LogP contribution in [-0.4, -0.2) is 10.0 Å². The van der Waals surface area contributed by atoms with Gasteiger partial charge in [-0.15, -0.1) is 6.58 Å². The predicted octanol–water partition coefficient (Wildman–Crippen LogP) is 1.79.